The second-order valence-corrected chi connectivity index (χ2v) is 8.23. The lowest BCUT2D eigenvalue weighted by molar-refractivity contribution is -0.384. The maximum absolute atomic E-state index is 12.6. The van der Waals surface area contributed by atoms with Crippen molar-refractivity contribution >= 4 is 52.5 Å². The highest BCUT2D eigenvalue weighted by molar-refractivity contribution is 7.98. The summed E-state index contributed by atoms with van der Waals surface area (Å²) in [6.07, 6.45) is 2.92. The van der Waals surface area contributed by atoms with E-state index in [1.807, 2.05) is 18.4 Å². The number of nitro benzene ring substituents is 1. The number of non-ortho nitro benzene ring substituents is 1. The summed E-state index contributed by atoms with van der Waals surface area (Å²) in [5, 5.41) is 17.1. The van der Waals surface area contributed by atoms with Crippen LogP contribution in [0.5, 0.6) is 0 Å². The van der Waals surface area contributed by atoms with Crippen LogP contribution in [0.25, 0.3) is 0 Å². The Balaban J connectivity index is 2.02. The molecule has 0 aliphatic carbocycles. The van der Waals surface area contributed by atoms with Gasteiger partial charge in [-0.1, -0.05) is 35.3 Å². The Labute approximate surface area is 188 Å². The Morgan fingerprint density at radius 1 is 1.17 bits per heavy atom. The molecule has 0 unspecified atom stereocenters. The summed E-state index contributed by atoms with van der Waals surface area (Å²) in [7, 11) is 0. The topological polar surface area (TPSA) is 101 Å². The van der Waals surface area contributed by atoms with Gasteiger partial charge >= 0.3 is 0 Å². The number of carbonyl (C=O) groups excluding carboxylic acids is 2. The minimum atomic E-state index is -0.787. The highest BCUT2D eigenvalue weighted by Crippen LogP contribution is 2.22. The zero-order valence-electron chi connectivity index (χ0n) is 16.2. The fourth-order valence-electron chi connectivity index (χ4n) is 2.65. The molecule has 30 heavy (non-hydrogen) atoms. The average Bonchev–Trinajstić information content (AvgIpc) is 2.72. The van der Waals surface area contributed by atoms with Crippen molar-refractivity contribution in [1.29, 1.82) is 0 Å². The van der Waals surface area contributed by atoms with E-state index in [2.05, 4.69) is 10.6 Å². The molecule has 7 nitrogen and oxygen atoms in total. The van der Waals surface area contributed by atoms with E-state index in [0.29, 0.717) is 30.2 Å². The molecule has 0 fully saturated rings. The van der Waals surface area contributed by atoms with Crippen LogP contribution < -0.4 is 10.6 Å². The molecule has 0 radical (unpaired) electrons. The van der Waals surface area contributed by atoms with Gasteiger partial charge < -0.3 is 10.6 Å². The van der Waals surface area contributed by atoms with Crippen molar-refractivity contribution in [1.82, 2.24) is 10.6 Å². The highest BCUT2D eigenvalue weighted by atomic mass is 35.5. The van der Waals surface area contributed by atoms with E-state index < -0.39 is 16.9 Å². The zero-order valence-corrected chi connectivity index (χ0v) is 18.5. The molecule has 0 saturated carbocycles. The number of hydrogen-bond donors (Lipinski definition) is 2. The lowest BCUT2D eigenvalue weighted by atomic mass is 10.1. The van der Waals surface area contributed by atoms with Gasteiger partial charge in [0.25, 0.3) is 11.6 Å². The molecule has 2 aromatic carbocycles. The van der Waals surface area contributed by atoms with Gasteiger partial charge in [0.15, 0.2) is 0 Å². The number of nitro groups is 1. The maximum atomic E-state index is 12.6. The smallest absolute Gasteiger partial charge is 0.270 e. The number of hydrogen-bond acceptors (Lipinski definition) is 5. The van der Waals surface area contributed by atoms with E-state index in [1.165, 1.54) is 12.1 Å². The first kappa shape index (κ1) is 24.0. The van der Waals surface area contributed by atoms with Crippen LogP contribution in [0, 0.1) is 10.1 Å². The van der Waals surface area contributed by atoms with Crippen molar-refractivity contribution in [2.75, 3.05) is 18.6 Å². The maximum Gasteiger partial charge on any atom is 0.270 e. The fraction of sp³-hybridized carbons (Fsp3) is 0.300. The number of amides is 2. The summed E-state index contributed by atoms with van der Waals surface area (Å²) >= 11 is 13.4. The number of benzene rings is 2. The van der Waals surface area contributed by atoms with Crippen LogP contribution in [0.4, 0.5) is 5.69 Å². The Kier molecular flexibility index (Phi) is 9.42. The van der Waals surface area contributed by atoms with Gasteiger partial charge in [-0.05, 0) is 48.6 Å². The number of nitrogens with zero attached hydrogens (tertiary/aromatic N) is 1. The van der Waals surface area contributed by atoms with Crippen LogP contribution >= 0.6 is 35.0 Å². The lowest BCUT2D eigenvalue weighted by Crippen LogP contribution is -2.47. The predicted octanol–water partition coefficient (Wildman–Crippen LogP) is 4.11. The Bertz CT molecular complexity index is 909. The molecule has 2 aromatic rings. The van der Waals surface area contributed by atoms with E-state index in [-0.39, 0.29) is 22.2 Å². The van der Waals surface area contributed by atoms with E-state index in [9.17, 15) is 19.7 Å². The minimum absolute atomic E-state index is 0.0472. The quantitative estimate of drug-likeness (QED) is 0.402. The zero-order chi connectivity index (χ0) is 22.1. The van der Waals surface area contributed by atoms with Crippen molar-refractivity contribution in [3.63, 3.8) is 0 Å². The molecule has 0 heterocycles. The summed E-state index contributed by atoms with van der Waals surface area (Å²) < 4.78 is 0. The van der Waals surface area contributed by atoms with Crippen LogP contribution in [0.1, 0.15) is 22.3 Å². The molecule has 10 heteroatoms. The Morgan fingerprint density at radius 3 is 2.50 bits per heavy atom. The van der Waals surface area contributed by atoms with Gasteiger partial charge in [0.1, 0.15) is 6.04 Å². The van der Waals surface area contributed by atoms with Crippen LogP contribution in [-0.2, 0) is 11.2 Å². The number of thioether (sulfide) groups is 1. The van der Waals surface area contributed by atoms with E-state index in [1.54, 1.807) is 23.9 Å². The lowest BCUT2D eigenvalue weighted by Gasteiger charge is -2.18. The van der Waals surface area contributed by atoms with Crippen LogP contribution in [-0.4, -0.2) is 41.3 Å². The van der Waals surface area contributed by atoms with Crippen LogP contribution in [0.3, 0.4) is 0 Å². The summed E-state index contributed by atoms with van der Waals surface area (Å²) in [5.41, 5.74) is 0.722. The van der Waals surface area contributed by atoms with Gasteiger partial charge in [0, 0.05) is 23.7 Å². The molecule has 2 rings (SSSR count). The predicted molar refractivity (Wildman–Crippen MR) is 121 cm³/mol. The van der Waals surface area contributed by atoms with Gasteiger partial charge in [-0.15, -0.1) is 0 Å². The summed E-state index contributed by atoms with van der Waals surface area (Å²) in [4.78, 5) is 35.6. The standard InChI is InChI=1S/C20H21Cl2N3O4S/c1-30-11-9-18(20(27)23-10-8-13-2-4-14(21)5-3-13)24-19(26)16-12-15(25(28)29)6-7-17(16)22/h2-7,12,18H,8-11H2,1H3,(H,23,27)(H,24,26)/t18-/m1/s1. The number of carbonyl (C=O) groups is 2. The largest absolute Gasteiger partial charge is 0.354 e. The Morgan fingerprint density at radius 2 is 1.87 bits per heavy atom. The molecule has 0 aliphatic heterocycles. The second-order valence-electron chi connectivity index (χ2n) is 6.40. The van der Waals surface area contributed by atoms with Gasteiger partial charge in [0.05, 0.1) is 15.5 Å². The third-order valence-electron chi connectivity index (χ3n) is 4.26. The molecule has 2 amide bonds. The van der Waals surface area contributed by atoms with Gasteiger partial charge in [0.2, 0.25) is 5.91 Å². The normalized spacial score (nSPS) is 11.6. The van der Waals surface area contributed by atoms with Crippen molar-refractivity contribution in [3.8, 4) is 0 Å². The van der Waals surface area contributed by atoms with Crippen molar-refractivity contribution in [2.45, 2.75) is 18.9 Å². The highest BCUT2D eigenvalue weighted by Gasteiger charge is 2.23. The third kappa shape index (κ3) is 7.19. The molecule has 0 aromatic heterocycles. The second kappa shape index (κ2) is 11.8. The summed E-state index contributed by atoms with van der Waals surface area (Å²) in [5.74, 6) is -0.311. The monoisotopic (exact) mass is 469 g/mol. The first-order valence-corrected chi connectivity index (χ1v) is 11.2. The molecular formula is C20H21Cl2N3O4S. The minimum Gasteiger partial charge on any atom is -0.354 e. The molecule has 0 aliphatic rings. The molecule has 160 valence electrons. The molecule has 2 N–H and O–H groups in total. The number of rotatable bonds is 10. The summed E-state index contributed by atoms with van der Waals surface area (Å²) in [6, 6.07) is 10.1. The molecule has 0 saturated heterocycles. The van der Waals surface area contributed by atoms with Crippen molar-refractivity contribution in [2.24, 2.45) is 0 Å². The van der Waals surface area contributed by atoms with Gasteiger partial charge in [-0.25, -0.2) is 0 Å². The average molecular weight is 470 g/mol. The van der Waals surface area contributed by atoms with Gasteiger partial charge in [-0.2, -0.15) is 11.8 Å². The van der Waals surface area contributed by atoms with Crippen molar-refractivity contribution in [3.05, 3.63) is 73.8 Å². The van der Waals surface area contributed by atoms with E-state index >= 15 is 0 Å². The first-order chi connectivity index (χ1) is 14.3. The Hall–Kier alpha value is -2.29. The van der Waals surface area contributed by atoms with Crippen LogP contribution in [0.2, 0.25) is 10.0 Å². The fourth-order valence-corrected chi connectivity index (χ4v) is 3.45. The SMILES string of the molecule is CSCC[C@@H](NC(=O)c1cc([N+](=O)[O-])ccc1Cl)C(=O)NCCc1ccc(Cl)cc1. The van der Waals surface area contributed by atoms with Crippen molar-refractivity contribution < 1.29 is 14.5 Å². The number of halogens is 2. The molecule has 0 spiro atoms. The van der Waals surface area contributed by atoms with Gasteiger partial charge in [-0.3, -0.25) is 19.7 Å². The summed E-state index contributed by atoms with van der Waals surface area (Å²) in [6.45, 7) is 0.393. The van der Waals surface area contributed by atoms with E-state index in [0.717, 1.165) is 11.6 Å². The molecule has 0 bridgehead atoms. The molecular weight excluding hydrogens is 449 g/mol. The first-order valence-electron chi connectivity index (χ1n) is 9.07. The van der Waals surface area contributed by atoms with E-state index in [4.69, 9.17) is 23.2 Å². The van der Waals surface area contributed by atoms with Crippen LogP contribution in [0.15, 0.2) is 42.5 Å². The molecule has 1 atom stereocenters. The third-order valence-corrected chi connectivity index (χ3v) is 5.49. The number of nitrogens with one attached hydrogen (secondary N) is 2.